The molecule has 0 saturated carbocycles. The Morgan fingerprint density at radius 3 is 1.32 bits per heavy atom. The van der Waals surface area contributed by atoms with Crippen LogP contribution < -0.4 is 10.4 Å². The van der Waals surface area contributed by atoms with E-state index >= 15 is 0 Å². The van der Waals surface area contributed by atoms with E-state index in [-0.39, 0.29) is 56.4 Å². The van der Waals surface area contributed by atoms with E-state index in [9.17, 15) is 38.6 Å². The largest absolute Gasteiger partial charge is 0.262 e. The quantitative estimate of drug-likeness (QED) is 0.124. The van der Waals surface area contributed by atoms with Crippen LogP contribution in [0.15, 0.2) is 107 Å². The Kier molecular flexibility index (Phi) is 9.91. The molecule has 5 aromatic carbocycles. The Morgan fingerprint density at radius 2 is 0.925 bits per heavy atom. The number of aliphatic imine (C=N–C) groups is 2. The number of aromatic nitrogens is 2. The van der Waals surface area contributed by atoms with Gasteiger partial charge in [-0.25, -0.2) is 32.5 Å². The van der Waals surface area contributed by atoms with Crippen LogP contribution in [-0.2, 0) is 6.42 Å². The van der Waals surface area contributed by atoms with E-state index in [1.165, 1.54) is 97.1 Å². The second kappa shape index (κ2) is 15.0. The van der Waals surface area contributed by atoms with Crippen LogP contribution in [-0.4, -0.2) is 22.4 Å². The Morgan fingerprint density at radius 1 is 0.547 bits per heavy atom. The van der Waals surface area contributed by atoms with Gasteiger partial charge in [0.05, 0.1) is 27.5 Å². The molecule has 6 rings (SSSR count). The number of benzene rings is 5. The Hall–Kier alpha value is -7.80. The van der Waals surface area contributed by atoms with Gasteiger partial charge in [0.25, 0.3) is 0 Å². The fourth-order valence-electron chi connectivity index (χ4n) is 5.65. The van der Waals surface area contributed by atoms with Crippen molar-refractivity contribution in [3.63, 3.8) is 0 Å². The number of hydrogen-bond acceptors (Lipinski definition) is 8. The highest BCUT2D eigenvalue weighted by Gasteiger charge is 2.24. The van der Waals surface area contributed by atoms with Crippen molar-refractivity contribution in [2.24, 2.45) is 9.98 Å². The van der Waals surface area contributed by atoms with E-state index in [1.54, 1.807) is 0 Å². The number of hydrogen-bond donors (Lipinski definition) is 0. The molecule has 0 bridgehead atoms. The summed E-state index contributed by atoms with van der Waals surface area (Å²) >= 11 is 0. The van der Waals surface area contributed by atoms with E-state index in [1.807, 2.05) is 24.3 Å². The zero-order chi connectivity index (χ0) is 37.6. The predicted octanol–water partition coefficient (Wildman–Crippen LogP) is 7.61. The Bertz CT molecular complexity index is 2740. The van der Waals surface area contributed by atoms with Gasteiger partial charge in [0.1, 0.15) is 81.1 Å². The molecule has 0 aliphatic rings. The lowest BCUT2D eigenvalue weighted by atomic mass is 9.99. The molecule has 0 unspecified atom stereocenters. The third-order valence-electron chi connectivity index (χ3n) is 8.12. The van der Waals surface area contributed by atoms with Crippen LogP contribution in [0.25, 0.3) is 44.7 Å². The predicted molar refractivity (Wildman–Crippen MR) is 191 cm³/mol. The van der Waals surface area contributed by atoms with E-state index in [4.69, 9.17) is 15.0 Å². The topological polar surface area (TPSA) is 146 Å². The van der Waals surface area contributed by atoms with Crippen molar-refractivity contribution >= 4 is 46.0 Å². The van der Waals surface area contributed by atoms with Gasteiger partial charge in [0, 0.05) is 17.5 Å². The second-order valence-corrected chi connectivity index (χ2v) is 11.3. The number of halogens is 4. The molecule has 0 atom stereocenters. The first-order valence-corrected chi connectivity index (χ1v) is 15.5. The Balaban J connectivity index is 1.88. The van der Waals surface area contributed by atoms with Crippen LogP contribution in [0.4, 0.5) is 28.9 Å². The van der Waals surface area contributed by atoms with Gasteiger partial charge in [0.2, 0.25) is 0 Å². The molecule has 0 spiro atoms. The van der Waals surface area contributed by atoms with Crippen molar-refractivity contribution in [1.29, 1.82) is 21.0 Å². The number of fused-ring (bicyclic) bond motifs is 1. The minimum atomic E-state index is -0.548. The van der Waals surface area contributed by atoms with Crippen LogP contribution >= 0.6 is 0 Å². The summed E-state index contributed by atoms with van der Waals surface area (Å²) in [5.74, 6) is -2.11. The summed E-state index contributed by atoms with van der Waals surface area (Å²) in [6.07, 6.45) is 0.0207. The minimum absolute atomic E-state index is 0.0207. The SMILES string of the molecule is C=Nc1c(N=C(Cc2ccc(F)cc2)c2ccc(F)cc2)c(=C(C#N)C#N)c2nc(-c3ccc(F)cc3)c(-c3ccc(F)cc3)nc2c1=C(C#N)C#N. The van der Waals surface area contributed by atoms with Gasteiger partial charge >= 0.3 is 0 Å². The van der Waals surface area contributed by atoms with E-state index in [0.717, 1.165) is 0 Å². The summed E-state index contributed by atoms with van der Waals surface area (Å²) in [6.45, 7) is 3.67. The van der Waals surface area contributed by atoms with Crippen molar-refractivity contribution in [2.75, 3.05) is 0 Å². The molecule has 0 aliphatic heterocycles. The Labute approximate surface area is 299 Å². The molecule has 6 aromatic rings. The second-order valence-electron chi connectivity index (χ2n) is 11.3. The maximum atomic E-state index is 14.1. The van der Waals surface area contributed by atoms with Gasteiger partial charge in [-0.1, -0.05) is 24.3 Å². The standard InChI is InChI=1S/C41H20F4N8/c1-50-38-34(27(19-46)20-47)40-41(53-37(26-8-16-32(45)17-9-26)36(52-40)25-6-14-31(44)15-7-25)35(28(21-48)22-49)39(38)51-33(24-4-12-30(43)13-5-24)18-23-2-10-29(42)11-3-23/h2-17H,1,18H2. The molecular weight excluding hydrogens is 680 g/mol. The van der Waals surface area contributed by atoms with E-state index in [0.29, 0.717) is 22.3 Å². The summed E-state index contributed by atoms with van der Waals surface area (Å²) in [5.41, 5.74) is 0.426. The molecule has 8 nitrogen and oxygen atoms in total. The highest BCUT2D eigenvalue weighted by molar-refractivity contribution is 6.06. The first-order valence-electron chi connectivity index (χ1n) is 15.5. The highest BCUT2D eigenvalue weighted by atomic mass is 19.1. The van der Waals surface area contributed by atoms with E-state index in [2.05, 4.69) is 11.7 Å². The third-order valence-corrected chi connectivity index (χ3v) is 8.12. The first-order chi connectivity index (χ1) is 25.7. The van der Waals surface area contributed by atoms with Crippen molar-refractivity contribution in [3.05, 3.63) is 142 Å². The average Bonchev–Trinajstić information content (AvgIpc) is 3.17. The minimum Gasteiger partial charge on any atom is -0.262 e. The zero-order valence-corrected chi connectivity index (χ0v) is 27.2. The van der Waals surface area contributed by atoms with Crippen molar-refractivity contribution in [3.8, 4) is 46.8 Å². The normalized spacial score (nSPS) is 10.8. The summed E-state index contributed by atoms with van der Waals surface area (Å²) in [6, 6.07) is 28.7. The molecule has 0 aliphatic carbocycles. The van der Waals surface area contributed by atoms with Crippen LogP contribution in [0.5, 0.6) is 0 Å². The molecule has 12 heteroatoms. The maximum Gasteiger partial charge on any atom is 0.141 e. The summed E-state index contributed by atoms with van der Waals surface area (Å²) in [7, 11) is 0. The van der Waals surface area contributed by atoms with Crippen LogP contribution in [0, 0.1) is 68.6 Å². The highest BCUT2D eigenvalue weighted by Crippen LogP contribution is 2.33. The van der Waals surface area contributed by atoms with Gasteiger partial charge < -0.3 is 0 Å². The van der Waals surface area contributed by atoms with Crippen molar-refractivity contribution < 1.29 is 17.6 Å². The lowest BCUT2D eigenvalue weighted by molar-refractivity contribution is 0.627. The lowest BCUT2D eigenvalue weighted by Crippen LogP contribution is -2.21. The molecule has 1 heterocycles. The van der Waals surface area contributed by atoms with Gasteiger partial charge in [-0.2, -0.15) is 21.0 Å². The molecule has 252 valence electrons. The van der Waals surface area contributed by atoms with Crippen molar-refractivity contribution in [2.45, 2.75) is 6.42 Å². The zero-order valence-electron chi connectivity index (χ0n) is 27.2. The fourth-order valence-corrected chi connectivity index (χ4v) is 5.65. The average molecular weight is 701 g/mol. The summed E-state index contributed by atoms with van der Waals surface area (Å²) in [5, 5.41) is 40.6. The van der Waals surface area contributed by atoms with Crippen LogP contribution in [0.1, 0.15) is 11.1 Å². The van der Waals surface area contributed by atoms with Gasteiger partial charge in [-0.05, 0) is 90.6 Å². The first kappa shape index (κ1) is 35.0. The molecule has 53 heavy (non-hydrogen) atoms. The van der Waals surface area contributed by atoms with E-state index < -0.39 is 34.4 Å². The number of rotatable bonds is 7. The molecule has 0 saturated heterocycles. The lowest BCUT2D eigenvalue weighted by Gasteiger charge is -2.15. The molecule has 1 aromatic heterocycles. The van der Waals surface area contributed by atoms with Crippen LogP contribution in [0.3, 0.4) is 0 Å². The monoisotopic (exact) mass is 700 g/mol. The van der Waals surface area contributed by atoms with Crippen molar-refractivity contribution in [1.82, 2.24) is 9.97 Å². The van der Waals surface area contributed by atoms with Crippen LogP contribution in [0.2, 0.25) is 0 Å². The summed E-state index contributed by atoms with van der Waals surface area (Å²) in [4.78, 5) is 18.7. The van der Waals surface area contributed by atoms with Gasteiger partial charge in [-0.3, -0.25) is 4.99 Å². The molecule has 0 N–H and O–H groups in total. The molecular formula is C41H20F4N8. The fraction of sp³-hybridized carbons (Fsp3) is 0.0244. The van der Waals surface area contributed by atoms with Gasteiger partial charge in [0.15, 0.2) is 0 Å². The van der Waals surface area contributed by atoms with Gasteiger partial charge in [-0.15, -0.1) is 0 Å². The molecule has 0 radical (unpaired) electrons. The number of nitriles is 4. The summed E-state index contributed by atoms with van der Waals surface area (Å²) < 4.78 is 56.1. The molecule has 0 fully saturated rings. The number of nitrogens with zero attached hydrogens (tertiary/aromatic N) is 8. The third kappa shape index (κ3) is 6.98. The smallest absolute Gasteiger partial charge is 0.141 e. The maximum absolute atomic E-state index is 14.1. The molecule has 0 amide bonds.